The molecule has 1 aliphatic rings. The maximum Gasteiger partial charge on any atom is 0.416 e. The summed E-state index contributed by atoms with van der Waals surface area (Å²) in [7, 11) is 1.89. The van der Waals surface area contributed by atoms with Gasteiger partial charge in [-0.05, 0) is 53.4 Å². The molecule has 3 rings (SSSR count). The van der Waals surface area contributed by atoms with Crippen molar-refractivity contribution in [2.75, 3.05) is 6.61 Å². The maximum atomic E-state index is 13.2. The van der Waals surface area contributed by atoms with Crippen LogP contribution < -0.4 is 5.49 Å². The fourth-order valence-electron chi connectivity index (χ4n) is 3.92. The van der Waals surface area contributed by atoms with Crippen LogP contribution in [0.3, 0.4) is 0 Å². The first kappa shape index (κ1) is 23.8. The first-order chi connectivity index (χ1) is 14.3. The van der Waals surface area contributed by atoms with E-state index in [-0.39, 0.29) is 17.1 Å². The normalized spacial score (nSPS) is 18.1. The van der Waals surface area contributed by atoms with Crippen LogP contribution in [-0.2, 0) is 29.9 Å². The molecule has 0 unspecified atom stereocenters. The number of aryl methyl sites for hydroxylation is 1. The molecule has 0 N–H and O–H groups in total. The standard InChI is InChI=1S/C22H27BrF3N3O2/c1-13-8-9-14(22(24,25)26)11-16(13)20(30)27-19-17(23)18(21(2,3)4)28(5)29(19)12-15-7-6-10-31-15/h8-9,11,15H,6-7,10,12H2,1-5H3/t15-/m1/s1. The van der Waals surface area contributed by atoms with Crippen molar-refractivity contribution >= 4 is 21.8 Å². The Morgan fingerprint density at radius 3 is 2.52 bits per heavy atom. The number of carbonyl (C=O) groups excluding carboxylic acids is 1. The molecule has 0 saturated carbocycles. The zero-order valence-corrected chi connectivity index (χ0v) is 19.9. The lowest BCUT2D eigenvalue weighted by Gasteiger charge is -2.22. The Bertz CT molecular complexity index is 1060. The predicted octanol–water partition coefficient (Wildman–Crippen LogP) is 5.13. The van der Waals surface area contributed by atoms with Gasteiger partial charge in [0.25, 0.3) is 5.91 Å². The van der Waals surface area contributed by atoms with E-state index in [0.29, 0.717) is 28.7 Å². The molecule has 1 aliphatic heterocycles. The number of nitrogens with zero attached hydrogens (tertiary/aromatic N) is 3. The second-order valence-electron chi connectivity index (χ2n) is 8.92. The number of alkyl halides is 3. The summed E-state index contributed by atoms with van der Waals surface area (Å²) in [6.07, 6.45) is -2.66. The SMILES string of the molecule is Cc1ccc(C(F)(F)F)cc1C(=O)N=c1c(Br)c(C(C)(C)C)n(C)n1C[C@H]1CCCO1. The van der Waals surface area contributed by atoms with Gasteiger partial charge in [-0.25, -0.2) is 0 Å². The van der Waals surface area contributed by atoms with Gasteiger partial charge in [-0.3, -0.25) is 14.2 Å². The van der Waals surface area contributed by atoms with Gasteiger partial charge >= 0.3 is 6.18 Å². The first-order valence-electron chi connectivity index (χ1n) is 10.1. The molecule has 170 valence electrons. The molecular weight excluding hydrogens is 475 g/mol. The van der Waals surface area contributed by atoms with Gasteiger partial charge < -0.3 is 4.74 Å². The first-order valence-corrected chi connectivity index (χ1v) is 10.9. The Morgan fingerprint density at radius 2 is 1.97 bits per heavy atom. The van der Waals surface area contributed by atoms with Crippen molar-refractivity contribution in [2.24, 2.45) is 12.0 Å². The van der Waals surface area contributed by atoms with Crippen molar-refractivity contribution in [2.45, 2.75) is 64.8 Å². The molecule has 0 radical (unpaired) electrons. The largest absolute Gasteiger partial charge is 0.416 e. The molecule has 2 heterocycles. The van der Waals surface area contributed by atoms with Crippen molar-refractivity contribution in [1.29, 1.82) is 0 Å². The summed E-state index contributed by atoms with van der Waals surface area (Å²) in [6.45, 7) is 8.94. The van der Waals surface area contributed by atoms with Gasteiger partial charge in [0.05, 0.1) is 28.4 Å². The van der Waals surface area contributed by atoms with Crippen molar-refractivity contribution in [1.82, 2.24) is 9.36 Å². The number of amides is 1. The van der Waals surface area contributed by atoms with E-state index >= 15 is 0 Å². The zero-order chi connectivity index (χ0) is 23.1. The monoisotopic (exact) mass is 501 g/mol. The van der Waals surface area contributed by atoms with E-state index in [2.05, 4.69) is 20.9 Å². The minimum atomic E-state index is -4.53. The summed E-state index contributed by atoms with van der Waals surface area (Å²) in [5, 5.41) is 0. The van der Waals surface area contributed by atoms with Crippen LogP contribution in [0.5, 0.6) is 0 Å². The second-order valence-corrected chi connectivity index (χ2v) is 9.71. The van der Waals surface area contributed by atoms with E-state index in [0.717, 1.165) is 30.7 Å². The fraction of sp³-hybridized carbons (Fsp3) is 0.545. The van der Waals surface area contributed by atoms with Crippen LogP contribution in [0.25, 0.3) is 0 Å². The summed E-state index contributed by atoms with van der Waals surface area (Å²) in [4.78, 5) is 17.3. The van der Waals surface area contributed by atoms with Crippen molar-refractivity contribution in [3.8, 4) is 0 Å². The summed E-state index contributed by atoms with van der Waals surface area (Å²) in [5.74, 6) is -0.712. The minimum absolute atomic E-state index is 0.00216. The molecule has 5 nitrogen and oxygen atoms in total. The highest BCUT2D eigenvalue weighted by Gasteiger charge is 2.32. The Labute approximate surface area is 188 Å². The summed E-state index contributed by atoms with van der Waals surface area (Å²) < 4.78 is 49.7. The topological polar surface area (TPSA) is 48.5 Å². The smallest absolute Gasteiger partial charge is 0.376 e. The number of aromatic nitrogens is 2. The van der Waals surface area contributed by atoms with Gasteiger partial charge in [-0.15, -0.1) is 0 Å². The summed E-state index contributed by atoms with van der Waals surface area (Å²) in [5.41, 5.74) is 0.561. The number of carbonyl (C=O) groups is 1. The van der Waals surface area contributed by atoms with Crippen LogP contribution in [0.1, 0.15) is 60.8 Å². The van der Waals surface area contributed by atoms with Crippen molar-refractivity contribution in [3.05, 3.63) is 50.5 Å². The van der Waals surface area contributed by atoms with Crippen LogP contribution in [0.4, 0.5) is 13.2 Å². The van der Waals surface area contributed by atoms with Crippen LogP contribution in [0.15, 0.2) is 27.7 Å². The highest BCUT2D eigenvalue weighted by atomic mass is 79.9. The van der Waals surface area contributed by atoms with Gasteiger partial charge in [-0.2, -0.15) is 18.2 Å². The third-order valence-corrected chi connectivity index (χ3v) is 6.18. The highest BCUT2D eigenvalue weighted by Crippen LogP contribution is 2.31. The predicted molar refractivity (Wildman–Crippen MR) is 115 cm³/mol. The van der Waals surface area contributed by atoms with Crippen LogP contribution >= 0.6 is 15.9 Å². The molecular formula is C22H27BrF3N3O2. The number of halogens is 4. The van der Waals surface area contributed by atoms with E-state index in [9.17, 15) is 18.0 Å². The second kappa shape index (κ2) is 8.58. The number of rotatable bonds is 3. The lowest BCUT2D eigenvalue weighted by Crippen LogP contribution is -2.30. The van der Waals surface area contributed by atoms with Crippen LogP contribution in [0, 0.1) is 6.92 Å². The molecule has 1 saturated heterocycles. The maximum absolute atomic E-state index is 13.2. The average molecular weight is 502 g/mol. The quantitative estimate of drug-likeness (QED) is 0.584. The van der Waals surface area contributed by atoms with Gasteiger partial charge in [0, 0.05) is 24.6 Å². The summed E-state index contributed by atoms with van der Waals surface area (Å²) in [6, 6.07) is 3.14. The lowest BCUT2D eigenvalue weighted by molar-refractivity contribution is -0.137. The lowest BCUT2D eigenvalue weighted by atomic mass is 9.92. The minimum Gasteiger partial charge on any atom is -0.376 e. The van der Waals surface area contributed by atoms with Gasteiger partial charge in [0.1, 0.15) is 0 Å². The number of hydrogen-bond donors (Lipinski definition) is 0. The Morgan fingerprint density at radius 1 is 1.29 bits per heavy atom. The Balaban J connectivity index is 2.16. The Hall–Kier alpha value is -1.87. The van der Waals surface area contributed by atoms with E-state index in [1.807, 2.05) is 37.2 Å². The van der Waals surface area contributed by atoms with Gasteiger partial charge in [0.2, 0.25) is 0 Å². The molecule has 31 heavy (non-hydrogen) atoms. The molecule has 1 fully saturated rings. The molecule has 0 bridgehead atoms. The molecule has 0 spiro atoms. The molecule has 0 aliphatic carbocycles. The van der Waals surface area contributed by atoms with Crippen LogP contribution in [-0.4, -0.2) is 28.0 Å². The third-order valence-electron chi connectivity index (χ3n) is 5.45. The van der Waals surface area contributed by atoms with E-state index in [4.69, 9.17) is 4.74 Å². The molecule has 1 amide bonds. The zero-order valence-electron chi connectivity index (χ0n) is 18.3. The van der Waals surface area contributed by atoms with Crippen molar-refractivity contribution in [3.63, 3.8) is 0 Å². The molecule has 2 aromatic rings. The third kappa shape index (κ3) is 4.98. The highest BCUT2D eigenvalue weighted by molar-refractivity contribution is 9.10. The van der Waals surface area contributed by atoms with E-state index < -0.39 is 17.6 Å². The summed E-state index contributed by atoms with van der Waals surface area (Å²) >= 11 is 3.60. The average Bonchev–Trinajstić information content (AvgIpc) is 3.22. The Kier molecular flexibility index (Phi) is 6.58. The van der Waals surface area contributed by atoms with Gasteiger partial charge in [-0.1, -0.05) is 26.8 Å². The molecule has 1 aromatic carbocycles. The molecule has 9 heteroatoms. The van der Waals surface area contributed by atoms with Gasteiger partial charge in [0.15, 0.2) is 5.49 Å². The fourth-order valence-corrected chi connectivity index (χ4v) is 5.07. The van der Waals surface area contributed by atoms with E-state index in [1.54, 1.807) is 6.92 Å². The number of hydrogen-bond acceptors (Lipinski definition) is 2. The van der Waals surface area contributed by atoms with Crippen LogP contribution in [0.2, 0.25) is 0 Å². The van der Waals surface area contributed by atoms with Crippen molar-refractivity contribution < 1.29 is 22.7 Å². The van der Waals surface area contributed by atoms with E-state index in [1.165, 1.54) is 6.07 Å². The number of ether oxygens (including phenoxy) is 1. The molecule has 1 aromatic heterocycles. The molecule has 1 atom stereocenters. The number of benzene rings is 1.